The molecule has 3 nitrogen and oxygen atoms in total. The molecule has 14 heavy (non-hydrogen) atoms. The molecule has 0 saturated heterocycles. The summed E-state index contributed by atoms with van der Waals surface area (Å²) < 4.78 is 0. The van der Waals surface area contributed by atoms with Gasteiger partial charge in [-0.15, -0.1) is 0 Å². The lowest BCUT2D eigenvalue weighted by molar-refractivity contribution is 0.282. The van der Waals surface area contributed by atoms with Crippen LogP contribution < -0.4 is 0 Å². The van der Waals surface area contributed by atoms with E-state index in [9.17, 15) is 5.11 Å². The Kier molecular flexibility index (Phi) is 2.24. The van der Waals surface area contributed by atoms with Gasteiger partial charge in [0.15, 0.2) is 0 Å². The number of aliphatic hydroxyl groups excluding tert-OH is 1. The van der Waals surface area contributed by atoms with Crippen LogP contribution in [0.1, 0.15) is 5.56 Å². The fourth-order valence-corrected chi connectivity index (χ4v) is 1.40. The topological polar surface area (TPSA) is 56.2 Å². The van der Waals surface area contributed by atoms with Gasteiger partial charge in [-0.3, -0.25) is 0 Å². The molecule has 0 amide bonds. The molecule has 0 spiro atoms. The van der Waals surface area contributed by atoms with Gasteiger partial charge in [0.2, 0.25) is 0 Å². The molecule has 0 fully saturated rings. The number of nitrogens with one attached hydrogen (secondary N) is 1. The molecule has 0 atom stereocenters. The van der Waals surface area contributed by atoms with Crippen molar-refractivity contribution < 1.29 is 10.2 Å². The van der Waals surface area contributed by atoms with Gasteiger partial charge in [-0.1, -0.05) is 6.07 Å². The van der Waals surface area contributed by atoms with E-state index in [1.165, 1.54) is 0 Å². The third-order valence-corrected chi connectivity index (χ3v) is 2.13. The van der Waals surface area contributed by atoms with E-state index in [0.717, 1.165) is 11.3 Å². The standard InChI is InChI=1S/C11H11NO2/c13-7-8-3-4-11(14)9(6-8)10-2-1-5-12-10/h1-6,12-14H,7H2. The fourth-order valence-electron chi connectivity index (χ4n) is 1.40. The van der Waals surface area contributed by atoms with Gasteiger partial charge in [0.25, 0.3) is 0 Å². The zero-order valence-corrected chi connectivity index (χ0v) is 7.57. The van der Waals surface area contributed by atoms with Crippen molar-refractivity contribution in [3.63, 3.8) is 0 Å². The third kappa shape index (κ3) is 1.49. The lowest BCUT2D eigenvalue weighted by Gasteiger charge is -2.04. The van der Waals surface area contributed by atoms with Gasteiger partial charge in [-0.25, -0.2) is 0 Å². The summed E-state index contributed by atoms with van der Waals surface area (Å²) in [5.41, 5.74) is 2.34. The highest BCUT2D eigenvalue weighted by Gasteiger charge is 2.05. The molecular formula is C11H11NO2. The molecule has 72 valence electrons. The predicted molar refractivity (Wildman–Crippen MR) is 53.8 cm³/mol. The van der Waals surface area contributed by atoms with E-state index >= 15 is 0 Å². The average Bonchev–Trinajstić information content (AvgIpc) is 2.71. The molecule has 2 aromatic rings. The first kappa shape index (κ1) is 8.84. The van der Waals surface area contributed by atoms with Crippen LogP contribution in [0.15, 0.2) is 36.5 Å². The molecule has 3 heteroatoms. The van der Waals surface area contributed by atoms with Gasteiger partial charge >= 0.3 is 0 Å². The van der Waals surface area contributed by atoms with Gasteiger partial charge < -0.3 is 15.2 Å². The SMILES string of the molecule is OCc1ccc(O)c(-c2ccc[nH]2)c1. The Bertz CT molecular complexity index is 421. The molecule has 0 unspecified atom stereocenters. The monoisotopic (exact) mass is 189 g/mol. The van der Waals surface area contributed by atoms with Crippen LogP contribution in [0.3, 0.4) is 0 Å². The molecule has 0 aliphatic carbocycles. The number of phenolic OH excluding ortho intramolecular Hbond substituents is 1. The maximum Gasteiger partial charge on any atom is 0.124 e. The van der Waals surface area contributed by atoms with Gasteiger partial charge in [0.1, 0.15) is 5.75 Å². The molecule has 1 aromatic heterocycles. The molecule has 1 aromatic carbocycles. The van der Waals surface area contributed by atoms with E-state index in [0.29, 0.717) is 5.56 Å². The highest BCUT2D eigenvalue weighted by molar-refractivity contribution is 5.67. The summed E-state index contributed by atoms with van der Waals surface area (Å²) in [7, 11) is 0. The van der Waals surface area contributed by atoms with Crippen molar-refractivity contribution >= 4 is 0 Å². The van der Waals surface area contributed by atoms with Crippen LogP contribution >= 0.6 is 0 Å². The van der Waals surface area contributed by atoms with Crippen molar-refractivity contribution in [2.45, 2.75) is 6.61 Å². The molecule has 0 saturated carbocycles. The van der Waals surface area contributed by atoms with Gasteiger partial charge in [-0.2, -0.15) is 0 Å². The minimum Gasteiger partial charge on any atom is -0.507 e. The maximum atomic E-state index is 9.60. The first-order valence-electron chi connectivity index (χ1n) is 4.38. The summed E-state index contributed by atoms with van der Waals surface area (Å²) >= 11 is 0. The summed E-state index contributed by atoms with van der Waals surface area (Å²) in [5, 5.41) is 18.6. The third-order valence-electron chi connectivity index (χ3n) is 2.13. The van der Waals surface area contributed by atoms with Gasteiger partial charge in [0, 0.05) is 17.5 Å². The molecule has 2 rings (SSSR count). The number of phenols is 1. The number of aromatic nitrogens is 1. The highest BCUT2D eigenvalue weighted by atomic mass is 16.3. The summed E-state index contributed by atoms with van der Waals surface area (Å²) in [5.74, 6) is 0.213. The number of hydrogen-bond donors (Lipinski definition) is 3. The molecule has 0 bridgehead atoms. The minimum absolute atomic E-state index is 0.0199. The highest BCUT2D eigenvalue weighted by Crippen LogP contribution is 2.28. The van der Waals surface area contributed by atoms with E-state index in [-0.39, 0.29) is 12.4 Å². The van der Waals surface area contributed by atoms with E-state index in [1.807, 2.05) is 12.1 Å². The molecule has 1 heterocycles. The lowest BCUT2D eigenvalue weighted by atomic mass is 10.1. The quantitative estimate of drug-likeness (QED) is 0.675. The summed E-state index contributed by atoms with van der Waals surface area (Å²) in [6.07, 6.45) is 1.79. The Morgan fingerprint density at radius 2 is 2.07 bits per heavy atom. The zero-order valence-electron chi connectivity index (χ0n) is 7.57. The summed E-state index contributed by atoms with van der Waals surface area (Å²) in [4.78, 5) is 3.00. The zero-order chi connectivity index (χ0) is 9.97. The Labute approximate surface area is 81.7 Å². The van der Waals surface area contributed by atoms with E-state index in [4.69, 9.17) is 5.11 Å². The smallest absolute Gasteiger partial charge is 0.124 e. The van der Waals surface area contributed by atoms with Crippen LogP contribution in [0.2, 0.25) is 0 Å². The number of hydrogen-bond acceptors (Lipinski definition) is 2. The molecule has 3 N–H and O–H groups in total. The van der Waals surface area contributed by atoms with Crippen molar-refractivity contribution in [1.29, 1.82) is 0 Å². The predicted octanol–water partition coefficient (Wildman–Crippen LogP) is 1.88. The molecule has 0 aliphatic heterocycles. The van der Waals surface area contributed by atoms with Crippen molar-refractivity contribution in [3.05, 3.63) is 42.1 Å². The van der Waals surface area contributed by atoms with Crippen LogP contribution in [-0.4, -0.2) is 15.2 Å². The lowest BCUT2D eigenvalue weighted by Crippen LogP contribution is -1.85. The first-order valence-corrected chi connectivity index (χ1v) is 4.38. The van der Waals surface area contributed by atoms with Gasteiger partial charge in [-0.05, 0) is 29.8 Å². The number of benzene rings is 1. The van der Waals surface area contributed by atoms with E-state index in [1.54, 1.807) is 24.4 Å². The van der Waals surface area contributed by atoms with Crippen molar-refractivity contribution in [2.75, 3.05) is 0 Å². The Hall–Kier alpha value is -1.74. The van der Waals surface area contributed by atoms with Gasteiger partial charge in [0.05, 0.1) is 6.61 Å². The van der Waals surface area contributed by atoms with E-state index < -0.39 is 0 Å². The second-order valence-electron chi connectivity index (χ2n) is 3.09. The van der Waals surface area contributed by atoms with Crippen LogP contribution in [0.4, 0.5) is 0 Å². The van der Waals surface area contributed by atoms with Crippen LogP contribution in [0, 0.1) is 0 Å². The van der Waals surface area contributed by atoms with Crippen LogP contribution in [-0.2, 0) is 6.61 Å². The van der Waals surface area contributed by atoms with Crippen LogP contribution in [0.5, 0.6) is 5.75 Å². The molecular weight excluding hydrogens is 178 g/mol. The Morgan fingerprint density at radius 1 is 1.21 bits per heavy atom. The number of rotatable bonds is 2. The van der Waals surface area contributed by atoms with Crippen molar-refractivity contribution in [3.8, 4) is 17.0 Å². The number of aromatic amines is 1. The summed E-state index contributed by atoms with van der Waals surface area (Å²) in [6.45, 7) is -0.0199. The van der Waals surface area contributed by atoms with E-state index in [2.05, 4.69) is 4.98 Å². The van der Waals surface area contributed by atoms with Crippen LogP contribution in [0.25, 0.3) is 11.3 Å². The number of aliphatic hydroxyl groups is 1. The minimum atomic E-state index is -0.0199. The number of H-pyrrole nitrogens is 1. The number of aromatic hydroxyl groups is 1. The fraction of sp³-hybridized carbons (Fsp3) is 0.0909. The second-order valence-corrected chi connectivity index (χ2v) is 3.09. The molecule has 0 radical (unpaired) electrons. The first-order chi connectivity index (χ1) is 6.81. The van der Waals surface area contributed by atoms with Crippen molar-refractivity contribution in [1.82, 2.24) is 4.98 Å². The normalized spacial score (nSPS) is 10.4. The molecule has 0 aliphatic rings. The average molecular weight is 189 g/mol. The van der Waals surface area contributed by atoms with Crippen molar-refractivity contribution in [2.24, 2.45) is 0 Å². The Balaban J connectivity index is 2.51. The maximum absolute atomic E-state index is 9.60. The second kappa shape index (κ2) is 3.55. The largest absolute Gasteiger partial charge is 0.507 e. The Morgan fingerprint density at radius 3 is 2.71 bits per heavy atom. The summed E-state index contributed by atoms with van der Waals surface area (Å²) in [6, 6.07) is 8.78.